The van der Waals surface area contributed by atoms with Crippen molar-refractivity contribution in [2.75, 3.05) is 0 Å². The number of benzene rings is 2. The second-order valence-corrected chi connectivity index (χ2v) is 12.1. The van der Waals surface area contributed by atoms with Crippen molar-refractivity contribution >= 4 is 11.3 Å². The summed E-state index contributed by atoms with van der Waals surface area (Å²) in [6, 6.07) is 14.7. The van der Waals surface area contributed by atoms with Gasteiger partial charge in [0.15, 0.2) is 0 Å². The molecule has 0 fully saturated rings. The number of unbranched alkanes of at least 4 members (excludes halogenated alkanes) is 10. The normalized spacial score (nSPS) is 13.7. The highest BCUT2D eigenvalue weighted by Gasteiger charge is 2.42. The van der Waals surface area contributed by atoms with Crippen molar-refractivity contribution < 1.29 is 0 Å². The van der Waals surface area contributed by atoms with Gasteiger partial charge in [-0.1, -0.05) is 127 Å². The lowest BCUT2D eigenvalue weighted by Gasteiger charge is -2.33. The maximum Gasteiger partial charge on any atom is 0.0215 e. The predicted molar refractivity (Wildman–Crippen MR) is 161 cm³/mol. The minimum atomic E-state index is 0.173. The van der Waals surface area contributed by atoms with Gasteiger partial charge >= 0.3 is 0 Å². The van der Waals surface area contributed by atoms with E-state index in [0.717, 1.165) is 0 Å². The van der Waals surface area contributed by atoms with E-state index in [1.54, 1.807) is 11.1 Å². The van der Waals surface area contributed by atoms with Crippen molar-refractivity contribution in [2.45, 2.75) is 123 Å². The zero-order valence-electron chi connectivity index (χ0n) is 23.4. The molecule has 1 aliphatic carbocycles. The topological polar surface area (TPSA) is 0 Å². The second kappa shape index (κ2) is 13.1. The fourth-order valence-electron chi connectivity index (χ4n) is 6.51. The van der Waals surface area contributed by atoms with Crippen LogP contribution in [0.25, 0.3) is 22.3 Å². The average Bonchev–Trinajstić information content (AvgIpc) is 3.42. The number of fused-ring (bicyclic) bond motifs is 3. The minimum absolute atomic E-state index is 0.173. The Morgan fingerprint density at radius 1 is 0.583 bits per heavy atom. The second-order valence-electron chi connectivity index (χ2n) is 11.4. The Labute approximate surface area is 225 Å². The Balaban J connectivity index is 1.69. The van der Waals surface area contributed by atoms with Crippen LogP contribution < -0.4 is 0 Å². The summed E-state index contributed by atoms with van der Waals surface area (Å²) >= 11 is 1.83. The van der Waals surface area contributed by atoms with Gasteiger partial charge in [-0.15, -0.1) is 0 Å². The van der Waals surface area contributed by atoms with Gasteiger partial charge in [-0.05, 0) is 82.5 Å². The Hall–Kier alpha value is -1.86. The van der Waals surface area contributed by atoms with Crippen LogP contribution in [-0.4, -0.2) is 0 Å². The zero-order valence-corrected chi connectivity index (χ0v) is 24.2. The molecule has 0 unspecified atom stereocenters. The SMILES string of the molecule is CCCCCCCCC1(CCCCCCCC)c2cc(C)ccc2-c2ccc(-c3cscc3C)cc21. The third-order valence-electron chi connectivity index (χ3n) is 8.60. The van der Waals surface area contributed by atoms with E-state index >= 15 is 0 Å². The van der Waals surface area contributed by atoms with E-state index in [-0.39, 0.29) is 5.41 Å². The Morgan fingerprint density at radius 3 is 1.72 bits per heavy atom. The van der Waals surface area contributed by atoms with Gasteiger partial charge in [-0.2, -0.15) is 11.3 Å². The average molecular weight is 501 g/mol. The van der Waals surface area contributed by atoms with Crippen LogP contribution in [-0.2, 0) is 5.41 Å². The molecule has 1 aromatic heterocycles. The highest BCUT2D eigenvalue weighted by molar-refractivity contribution is 7.08. The van der Waals surface area contributed by atoms with Gasteiger partial charge in [0.05, 0.1) is 0 Å². The summed E-state index contributed by atoms with van der Waals surface area (Å²) in [6.07, 6.45) is 19.0. The van der Waals surface area contributed by atoms with Crippen molar-refractivity contribution in [3.63, 3.8) is 0 Å². The lowest BCUT2D eigenvalue weighted by molar-refractivity contribution is 0.398. The summed E-state index contributed by atoms with van der Waals surface area (Å²) < 4.78 is 0. The highest BCUT2D eigenvalue weighted by atomic mass is 32.1. The summed E-state index contributed by atoms with van der Waals surface area (Å²) in [5.41, 5.74) is 12.1. The number of rotatable bonds is 15. The molecule has 0 atom stereocenters. The maximum atomic E-state index is 2.59. The molecule has 1 heteroatoms. The van der Waals surface area contributed by atoms with E-state index < -0.39 is 0 Å². The van der Waals surface area contributed by atoms with Gasteiger partial charge in [0.1, 0.15) is 0 Å². The lowest BCUT2D eigenvalue weighted by Crippen LogP contribution is -2.25. The summed E-state index contributed by atoms with van der Waals surface area (Å²) in [7, 11) is 0. The van der Waals surface area contributed by atoms with Crippen LogP contribution in [0.3, 0.4) is 0 Å². The maximum absolute atomic E-state index is 2.59. The van der Waals surface area contributed by atoms with Crippen LogP contribution in [0.1, 0.15) is 126 Å². The molecule has 0 saturated carbocycles. The largest absolute Gasteiger partial charge is 0.151 e. The number of aryl methyl sites for hydroxylation is 2. The van der Waals surface area contributed by atoms with Crippen molar-refractivity contribution in [3.8, 4) is 22.3 Å². The van der Waals surface area contributed by atoms with Crippen LogP contribution in [0.2, 0.25) is 0 Å². The Kier molecular flexibility index (Phi) is 9.88. The summed E-state index contributed by atoms with van der Waals surface area (Å²) in [5.74, 6) is 0. The van der Waals surface area contributed by atoms with E-state index in [1.807, 2.05) is 11.3 Å². The molecule has 0 N–H and O–H groups in total. The van der Waals surface area contributed by atoms with E-state index in [2.05, 4.69) is 74.9 Å². The van der Waals surface area contributed by atoms with Crippen LogP contribution in [0.5, 0.6) is 0 Å². The van der Waals surface area contributed by atoms with E-state index in [0.29, 0.717) is 0 Å². The van der Waals surface area contributed by atoms with Crippen LogP contribution in [0.4, 0.5) is 0 Å². The standard InChI is InChI=1S/C35H48S/c1-5-7-9-11-13-15-21-35(22-16-14-12-10-8-6-2)33-23-27(3)17-19-30(33)31-20-18-29(24-34(31)35)32-26-36-25-28(32)4/h17-20,23-26H,5-16,21-22H2,1-4H3. The molecule has 0 radical (unpaired) electrons. The van der Waals surface area contributed by atoms with Gasteiger partial charge in [0.25, 0.3) is 0 Å². The molecule has 0 nitrogen and oxygen atoms in total. The first-order valence-corrected chi connectivity index (χ1v) is 15.8. The van der Waals surface area contributed by atoms with Gasteiger partial charge < -0.3 is 0 Å². The van der Waals surface area contributed by atoms with Gasteiger partial charge in [-0.25, -0.2) is 0 Å². The lowest BCUT2D eigenvalue weighted by atomic mass is 9.70. The fourth-order valence-corrected chi connectivity index (χ4v) is 7.37. The monoisotopic (exact) mass is 500 g/mol. The number of hydrogen-bond donors (Lipinski definition) is 0. The van der Waals surface area contributed by atoms with Gasteiger partial charge in [-0.3, -0.25) is 0 Å². The van der Waals surface area contributed by atoms with E-state index in [4.69, 9.17) is 0 Å². The van der Waals surface area contributed by atoms with Crippen molar-refractivity contribution in [3.05, 3.63) is 69.4 Å². The Bertz CT molecular complexity index is 1090. The summed E-state index contributed by atoms with van der Waals surface area (Å²) in [5, 5.41) is 4.63. The number of hydrogen-bond acceptors (Lipinski definition) is 1. The first-order valence-electron chi connectivity index (χ1n) is 14.9. The van der Waals surface area contributed by atoms with Gasteiger partial charge in [0, 0.05) is 5.41 Å². The van der Waals surface area contributed by atoms with Crippen molar-refractivity contribution in [2.24, 2.45) is 0 Å². The number of thiophene rings is 1. The fraction of sp³-hybridized carbons (Fsp3) is 0.543. The van der Waals surface area contributed by atoms with Crippen LogP contribution >= 0.6 is 11.3 Å². The van der Waals surface area contributed by atoms with Crippen molar-refractivity contribution in [1.29, 1.82) is 0 Å². The first-order chi connectivity index (χ1) is 17.6. The Morgan fingerprint density at radius 2 is 1.14 bits per heavy atom. The zero-order chi connectivity index (χ0) is 25.4. The van der Waals surface area contributed by atoms with Crippen molar-refractivity contribution in [1.82, 2.24) is 0 Å². The van der Waals surface area contributed by atoms with Crippen LogP contribution in [0.15, 0.2) is 47.2 Å². The molecule has 4 rings (SSSR count). The predicted octanol–water partition coefficient (Wildman–Crippen LogP) is 11.8. The molecule has 0 spiro atoms. The molecule has 1 heterocycles. The third-order valence-corrected chi connectivity index (χ3v) is 9.46. The van der Waals surface area contributed by atoms with E-state index in [1.165, 1.54) is 123 Å². The van der Waals surface area contributed by atoms with E-state index in [9.17, 15) is 0 Å². The molecule has 0 bridgehead atoms. The van der Waals surface area contributed by atoms with Gasteiger partial charge in [0.2, 0.25) is 0 Å². The smallest absolute Gasteiger partial charge is 0.0215 e. The molecule has 0 aliphatic heterocycles. The molecular weight excluding hydrogens is 452 g/mol. The first kappa shape index (κ1) is 27.2. The summed E-state index contributed by atoms with van der Waals surface area (Å²) in [6.45, 7) is 9.18. The molecule has 1 aliphatic rings. The molecular formula is C35H48S. The molecule has 3 aromatic rings. The highest BCUT2D eigenvalue weighted by Crippen LogP contribution is 2.55. The molecule has 194 valence electrons. The molecule has 0 saturated heterocycles. The molecule has 0 amide bonds. The minimum Gasteiger partial charge on any atom is -0.151 e. The third kappa shape index (κ3) is 5.99. The molecule has 2 aromatic carbocycles. The summed E-state index contributed by atoms with van der Waals surface area (Å²) in [4.78, 5) is 0. The van der Waals surface area contributed by atoms with Crippen LogP contribution in [0, 0.1) is 13.8 Å². The molecule has 36 heavy (non-hydrogen) atoms. The quantitative estimate of drug-likeness (QED) is 0.182.